The van der Waals surface area contributed by atoms with E-state index in [0.29, 0.717) is 0 Å². The van der Waals surface area contributed by atoms with Gasteiger partial charge in [0.1, 0.15) is 5.82 Å². The van der Waals surface area contributed by atoms with Crippen molar-refractivity contribution < 1.29 is 4.39 Å². The molecule has 3 nitrogen and oxygen atoms in total. The predicted molar refractivity (Wildman–Crippen MR) is 65.0 cm³/mol. The number of aryl methyl sites for hydroxylation is 1. The Labute approximate surface area is 100 Å². The van der Waals surface area contributed by atoms with Crippen LogP contribution >= 0.6 is 0 Å². The largest absolute Gasteiger partial charge is 0.311 e. The van der Waals surface area contributed by atoms with Gasteiger partial charge in [-0.1, -0.05) is 12.1 Å². The summed E-state index contributed by atoms with van der Waals surface area (Å²) >= 11 is 0. The normalized spacial score (nSPS) is 10.7. The van der Waals surface area contributed by atoms with Crippen molar-refractivity contribution in [3.05, 3.63) is 53.6 Å². The minimum atomic E-state index is -0.184. The molecule has 0 radical (unpaired) electrons. The maximum absolute atomic E-state index is 12.7. The minimum absolute atomic E-state index is 0.184. The van der Waals surface area contributed by atoms with Crippen molar-refractivity contribution in [1.82, 2.24) is 15.1 Å². The standard InChI is InChI=1S/C13H16FN3/c1-17-13(7-9-16-17)10-15-8-6-11-2-4-12(14)5-3-11/h2-5,7,9,15H,6,8,10H2,1H3. The maximum Gasteiger partial charge on any atom is 0.123 e. The van der Waals surface area contributed by atoms with Gasteiger partial charge in [-0.25, -0.2) is 4.39 Å². The van der Waals surface area contributed by atoms with E-state index >= 15 is 0 Å². The molecule has 0 aliphatic carbocycles. The molecule has 1 N–H and O–H groups in total. The predicted octanol–water partition coefficient (Wildman–Crippen LogP) is 1.89. The van der Waals surface area contributed by atoms with Crippen molar-refractivity contribution in [1.29, 1.82) is 0 Å². The van der Waals surface area contributed by atoms with Crippen molar-refractivity contribution >= 4 is 0 Å². The van der Waals surface area contributed by atoms with Crippen LogP contribution in [0.1, 0.15) is 11.3 Å². The van der Waals surface area contributed by atoms with Crippen LogP contribution in [-0.2, 0) is 20.0 Å². The van der Waals surface area contributed by atoms with Crippen LogP contribution in [0.5, 0.6) is 0 Å². The first kappa shape index (κ1) is 11.8. The zero-order chi connectivity index (χ0) is 12.1. The molecule has 0 aliphatic rings. The van der Waals surface area contributed by atoms with Crippen LogP contribution in [0, 0.1) is 5.82 Å². The fourth-order valence-corrected chi connectivity index (χ4v) is 1.67. The number of hydrogen-bond acceptors (Lipinski definition) is 2. The third kappa shape index (κ3) is 3.39. The number of aromatic nitrogens is 2. The molecule has 90 valence electrons. The Bertz CT molecular complexity index is 462. The van der Waals surface area contributed by atoms with Gasteiger partial charge in [-0.15, -0.1) is 0 Å². The van der Waals surface area contributed by atoms with Gasteiger partial charge in [-0.3, -0.25) is 4.68 Å². The molecule has 0 unspecified atom stereocenters. The zero-order valence-electron chi connectivity index (χ0n) is 9.86. The summed E-state index contributed by atoms with van der Waals surface area (Å²) in [6.07, 6.45) is 2.69. The average molecular weight is 233 g/mol. The second kappa shape index (κ2) is 5.59. The summed E-state index contributed by atoms with van der Waals surface area (Å²) in [5.74, 6) is -0.184. The molecule has 0 fully saturated rings. The fourth-order valence-electron chi connectivity index (χ4n) is 1.67. The highest BCUT2D eigenvalue weighted by atomic mass is 19.1. The highest BCUT2D eigenvalue weighted by Crippen LogP contribution is 2.03. The minimum Gasteiger partial charge on any atom is -0.311 e. The average Bonchev–Trinajstić information content (AvgIpc) is 2.73. The Morgan fingerprint density at radius 3 is 2.65 bits per heavy atom. The lowest BCUT2D eigenvalue weighted by molar-refractivity contribution is 0.619. The van der Waals surface area contributed by atoms with Crippen LogP contribution in [0.25, 0.3) is 0 Å². The van der Waals surface area contributed by atoms with Gasteiger partial charge in [0.05, 0.1) is 5.69 Å². The molecule has 1 aromatic carbocycles. The van der Waals surface area contributed by atoms with E-state index in [4.69, 9.17) is 0 Å². The molecule has 0 bridgehead atoms. The molecule has 4 heteroatoms. The second-order valence-electron chi connectivity index (χ2n) is 4.00. The van der Waals surface area contributed by atoms with Crippen LogP contribution < -0.4 is 5.32 Å². The summed E-state index contributed by atoms with van der Waals surface area (Å²) in [6.45, 7) is 1.68. The summed E-state index contributed by atoms with van der Waals surface area (Å²) in [5.41, 5.74) is 2.30. The molecule has 0 saturated heterocycles. The Kier molecular flexibility index (Phi) is 3.88. The van der Waals surface area contributed by atoms with E-state index in [1.807, 2.05) is 29.9 Å². The molecule has 2 rings (SSSR count). The molecular formula is C13H16FN3. The first-order valence-electron chi connectivity index (χ1n) is 5.68. The van der Waals surface area contributed by atoms with Gasteiger partial charge in [-0.2, -0.15) is 5.10 Å². The summed E-state index contributed by atoms with van der Waals surface area (Å²) in [7, 11) is 1.93. The molecule has 1 heterocycles. The Morgan fingerprint density at radius 1 is 1.24 bits per heavy atom. The first-order valence-corrected chi connectivity index (χ1v) is 5.68. The molecular weight excluding hydrogens is 217 g/mol. The summed E-state index contributed by atoms with van der Waals surface area (Å²) in [6, 6.07) is 8.62. The van der Waals surface area contributed by atoms with Gasteiger partial charge in [0.2, 0.25) is 0 Å². The van der Waals surface area contributed by atoms with Gasteiger partial charge in [-0.05, 0) is 36.7 Å². The third-order valence-electron chi connectivity index (χ3n) is 2.73. The van der Waals surface area contributed by atoms with Crippen LogP contribution in [0.2, 0.25) is 0 Å². The lowest BCUT2D eigenvalue weighted by Crippen LogP contribution is -2.18. The first-order chi connectivity index (χ1) is 8.25. The number of nitrogens with zero attached hydrogens (tertiary/aromatic N) is 2. The smallest absolute Gasteiger partial charge is 0.123 e. The quantitative estimate of drug-likeness (QED) is 0.799. The molecule has 0 spiro atoms. The van der Waals surface area contributed by atoms with Crippen molar-refractivity contribution in [3.63, 3.8) is 0 Å². The fraction of sp³-hybridized carbons (Fsp3) is 0.308. The zero-order valence-corrected chi connectivity index (χ0v) is 9.86. The topological polar surface area (TPSA) is 29.9 Å². The molecule has 0 saturated carbocycles. The highest BCUT2D eigenvalue weighted by Gasteiger charge is 1.98. The van der Waals surface area contributed by atoms with Crippen molar-refractivity contribution in [2.75, 3.05) is 6.54 Å². The Hall–Kier alpha value is -1.68. The van der Waals surface area contributed by atoms with E-state index in [1.54, 1.807) is 6.20 Å². The molecule has 2 aromatic rings. The number of benzene rings is 1. The van der Waals surface area contributed by atoms with Gasteiger partial charge in [0, 0.05) is 19.8 Å². The summed E-state index contributed by atoms with van der Waals surface area (Å²) in [5, 5.41) is 7.44. The maximum atomic E-state index is 12.7. The molecule has 0 amide bonds. The van der Waals surface area contributed by atoms with E-state index < -0.39 is 0 Å². The molecule has 1 aromatic heterocycles. The van der Waals surface area contributed by atoms with E-state index in [2.05, 4.69) is 10.4 Å². The Morgan fingerprint density at radius 2 is 2.00 bits per heavy atom. The molecule has 0 aliphatic heterocycles. The molecule has 0 atom stereocenters. The van der Waals surface area contributed by atoms with Crippen LogP contribution in [0.4, 0.5) is 4.39 Å². The Balaban J connectivity index is 1.73. The second-order valence-corrected chi connectivity index (χ2v) is 4.00. The van der Waals surface area contributed by atoms with E-state index in [1.165, 1.54) is 12.1 Å². The molecule has 17 heavy (non-hydrogen) atoms. The van der Waals surface area contributed by atoms with E-state index in [0.717, 1.165) is 30.8 Å². The monoisotopic (exact) mass is 233 g/mol. The van der Waals surface area contributed by atoms with Gasteiger partial charge >= 0.3 is 0 Å². The van der Waals surface area contributed by atoms with Crippen molar-refractivity contribution in [2.24, 2.45) is 7.05 Å². The van der Waals surface area contributed by atoms with Crippen molar-refractivity contribution in [3.8, 4) is 0 Å². The van der Waals surface area contributed by atoms with Crippen LogP contribution in [-0.4, -0.2) is 16.3 Å². The summed E-state index contributed by atoms with van der Waals surface area (Å²) < 4.78 is 14.5. The van der Waals surface area contributed by atoms with Gasteiger partial charge in [0.15, 0.2) is 0 Å². The van der Waals surface area contributed by atoms with Crippen molar-refractivity contribution in [2.45, 2.75) is 13.0 Å². The van der Waals surface area contributed by atoms with Crippen LogP contribution in [0.15, 0.2) is 36.5 Å². The van der Waals surface area contributed by atoms with Gasteiger partial charge in [0.25, 0.3) is 0 Å². The lowest BCUT2D eigenvalue weighted by atomic mass is 10.1. The third-order valence-corrected chi connectivity index (χ3v) is 2.73. The number of rotatable bonds is 5. The van der Waals surface area contributed by atoms with Gasteiger partial charge < -0.3 is 5.32 Å². The highest BCUT2D eigenvalue weighted by molar-refractivity contribution is 5.16. The van der Waals surface area contributed by atoms with E-state index in [9.17, 15) is 4.39 Å². The number of hydrogen-bond donors (Lipinski definition) is 1. The number of halogens is 1. The van der Waals surface area contributed by atoms with E-state index in [-0.39, 0.29) is 5.82 Å². The SMILES string of the molecule is Cn1nccc1CNCCc1ccc(F)cc1. The van der Waals surface area contributed by atoms with Crippen LogP contribution in [0.3, 0.4) is 0 Å². The lowest BCUT2D eigenvalue weighted by Gasteiger charge is -2.05. The number of nitrogens with one attached hydrogen (secondary N) is 1. The summed E-state index contributed by atoms with van der Waals surface area (Å²) in [4.78, 5) is 0.